The second-order valence-electron chi connectivity index (χ2n) is 7.15. The van der Waals surface area contributed by atoms with E-state index in [1.807, 2.05) is 0 Å². The molecule has 2 saturated heterocycles. The van der Waals surface area contributed by atoms with Crippen LogP contribution in [0.2, 0.25) is 0 Å². The minimum absolute atomic E-state index is 0.0132. The zero-order valence-electron chi connectivity index (χ0n) is 13.1. The van der Waals surface area contributed by atoms with Gasteiger partial charge in [-0.05, 0) is 31.6 Å². The van der Waals surface area contributed by atoms with Gasteiger partial charge in [-0.3, -0.25) is 4.90 Å². The lowest BCUT2D eigenvalue weighted by Crippen LogP contribution is -2.52. The summed E-state index contributed by atoms with van der Waals surface area (Å²) < 4.78 is 0. The van der Waals surface area contributed by atoms with E-state index in [2.05, 4.69) is 17.1 Å². The van der Waals surface area contributed by atoms with Gasteiger partial charge in [0, 0.05) is 38.3 Å². The maximum absolute atomic E-state index is 12.3. The lowest BCUT2D eigenvalue weighted by Gasteiger charge is -2.35. The summed E-state index contributed by atoms with van der Waals surface area (Å²) in [6, 6.07) is 1.05. The molecule has 3 atom stereocenters. The fraction of sp³-hybridized carbons (Fsp3) is 0.938. The molecule has 2 aliphatic heterocycles. The number of amides is 2. The van der Waals surface area contributed by atoms with Crippen LogP contribution < -0.4 is 5.32 Å². The lowest BCUT2D eigenvalue weighted by atomic mass is 9.96. The maximum atomic E-state index is 12.3. The van der Waals surface area contributed by atoms with Crippen molar-refractivity contribution in [2.45, 2.75) is 63.6 Å². The zero-order chi connectivity index (χ0) is 14.8. The van der Waals surface area contributed by atoms with Gasteiger partial charge in [0.1, 0.15) is 0 Å². The molecule has 120 valence electrons. The van der Waals surface area contributed by atoms with Crippen molar-refractivity contribution in [3.63, 3.8) is 0 Å². The molecule has 0 aromatic rings. The number of aliphatic hydroxyl groups is 1. The van der Waals surface area contributed by atoms with Crippen LogP contribution in [0.1, 0.15) is 45.4 Å². The number of carbonyl (C=O) groups excluding carboxylic acids is 1. The summed E-state index contributed by atoms with van der Waals surface area (Å²) in [4.78, 5) is 16.7. The van der Waals surface area contributed by atoms with Crippen molar-refractivity contribution in [2.24, 2.45) is 5.92 Å². The third-order valence-corrected chi connectivity index (χ3v) is 5.59. The molecule has 1 saturated carbocycles. The highest BCUT2D eigenvalue weighted by atomic mass is 16.3. The summed E-state index contributed by atoms with van der Waals surface area (Å²) in [5.41, 5.74) is 0. The summed E-state index contributed by atoms with van der Waals surface area (Å²) in [5.74, 6) is 0.304. The first-order valence-corrected chi connectivity index (χ1v) is 8.61. The molecule has 3 unspecified atom stereocenters. The van der Waals surface area contributed by atoms with Crippen molar-refractivity contribution in [3.05, 3.63) is 0 Å². The minimum Gasteiger partial charge on any atom is -0.391 e. The summed E-state index contributed by atoms with van der Waals surface area (Å²) in [7, 11) is 0. The first-order chi connectivity index (χ1) is 10.1. The van der Waals surface area contributed by atoms with Gasteiger partial charge in [-0.2, -0.15) is 0 Å². The molecule has 2 heterocycles. The Hall–Kier alpha value is -0.810. The summed E-state index contributed by atoms with van der Waals surface area (Å²) in [6.45, 7) is 5.42. The van der Waals surface area contributed by atoms with E-state index in [4.69, 9.17) is 0 Å². The molecule has 0 aromatic heterocycles. The molecule has 3 aliphatic rings. The summed E-state index contributed by atoms with van der Waals surface area (Å²) in [5, 5.41) is 13.1. The first kappa shape index (κ1) is 15.1. The van der Waals surface area contributed by atoms with Crippen LogP contribution in [0.25, 0.3) is 0 Å². The van der Waals surface area contributed by atoms with Crippen molar-refractivity contribution in [1.82, 2.24) is 15.1 Å². The van der Waals surface area contributed by atoms with Gasteiger partial charge in [0.05, 0.1) is 6.10 Å². The lowest BCUT2D eigenvalue weighted by molar-refractivity contribution is 0.0430. The summed E-state index contributed by atoms with van der Waals surface area (Å²) in [6.07, 6.45) is 6.98. The molecule has 21 heavy (non-hydrogen) atoms. The number of hydrogen-bond acceptors (Lipinski definition) is 3. The van der Waals surface area contributed by atoms with Gasteiger partial charge in [-0.15, -0.1) is 0 Å². The smallest absolute Gasteiger partial charge is 0.317 e. The Morgan fingerprint density at radius 3 is 2.57 bits per heavy atom. The number of nitrogens with one attached hydrogen (secondary N) is 1. The van der Waals surface area contributed by atoms with Crippen molar-refractivity contribution >= 4 is 6.03 Å². The second-order valence-corrected chi connectivity index (χ2v) is 7.15. The van der Waals surface area contributed by atoms with E-state index in [9.17, 15) is 9.90 Å². The molecule has 3 fully saturated rings. The molecular formula is C16H29N3O2. The van der Waals surface area contributed by atoms with Crippen molar-refractivity contribution in [2.75, 3.05) is 26.2 Å². The average Bonchev–Trinajstić information content (AvgIpc) is 3.12. The highest BCUT2D eigenvalue weighted by Crippen LogP contribution is 2.26. The summed E-state index contributed by atoms with van der Waals surface area (Å²) >= 11 is 0. The van der Waals surface area contributed by atoms with Crippen LogP contribution in [0.5, 0.6) is 0 Å². The van der Waals surface area contributed by atoms with Crippen molar-refractivity contribution in [3.8, 4) is 0 Å². The number of nitrogens with zero attached hydrogens (tertiary/aromatic N) is 2. The monoisotopic (exact) mass is 295 g/mol. The maximum Gasteiger partial charge on any atom is 0.317 e. The van der Waals surface area contributed by atoms with Crippen LogP contribution in [0.3, 0.4) is 0 Å². The van der Waals surface area contributed by atoms with E-state index in [0.29, 0.717) is 12.5 Å². The Labute approximate surface area is 127 Å². The Morgan fingerprint density at radius 2 is 1.86 bits per heavy atom. The van der Waals surface area contributed by atoms with Gasteiger partial charge in [0.25, 0.3) is 0 Å². The zero-order valence-corrected chi connectivity index (χ0v) is 13.1. The van der Waals surface area contributed by atoms with E-state index in [-0.39, 0.29) is 18.2 Å². The number of likely N-dealkylation sites (tertiary alicyclic amines) is 2. The SMILES string of the molecule is CC1CCN(C(=O)NC2CCN(C3CCCC3)C2)CC1O. The highest BCUT2D eigenvalue weighted by Gasteiger charge is 2.33. The van der Waals surface area contributed by atoms with Crippen LogP contribution in [0, 0.1) is 5.92 Å². The van der Waals surface area contributed by atoms with Gasteiger partial charge < -0.3 is 15.3 Å². The molecule has 2 amide bonds. The average molecular weight is 295 g/mol. The number of aliphatic hydroxyl groups excluding tert-OH is 1. The Morgan fingerprint density at radius 1 is 1.10 bits per heavy atom. The number of piperidine rings is 1. The number of carbonyl (C=O) groups is 1. The number of urea groups is 1. The number of β-amino-alcohol motifs (C(OH)–C–C–N with tert-alkyl or cyclic N) is 1. The van der Waals surface area contributed by atoms with Gasteiger partial charge >= 0.3 is 6.03 Å². The second kappa shape index (κ2) is 6.53. The van der Waals surface area contributed by atoms with Gasteiger partial charge in [-0.1, -0.05) is 19.8 Å². The Bertz CT molecular complexity index is 371. The van der Waals surface area contributed by atoms with E-state index < -0.39 is 0 Å². The largest absolute Gasteiger partial charge is 0.391 e. The third-order valence-electron chi connectivity index (χ3n) is 5.59. The van der Waals surface area contributed by atoms with Crippen LogP contribution in [-0.4, -0.2) is 65.3 Å². The van der Waals surface area contributed by atoms with Crippen LogP contribution in [0.15, 0.2) is 0 Å². The first-order valence-electron chi connectivity index (χ1n) is 8.61. The Kier molecular flexibility index (Phi) is 4.69. The van der Waals surface area contributed by atoms with E-state index >= 15 is 0 Å². The molecule has 0 aromatic carbocycles. The highest BCUT2D eigenvalue weighted by molar-refractivity contribution is 5.74. The normalized spacial score (nSPS) is 35.3. The molecule has 0 bridgehead atoms. The van der Waals surface area contributed by atoms with E-state index in [0.717, 1.165) is 38.5 Å². The van der Waals surface area contributed by atoms with Crippen LogP contribution in [0.4, 0.5) is 4.79 Å². The van der Waals surface area contributed by atoms with E-state index in [1.54, 1.807) is 4.90 Å². The number of hydrogen-bond donors (Lipinski definition) is 2. The predicted molar refractivity (Wildman–Crippen MR) is 82.1 cm³/mol. The molecule has 5 nitrogen and oxygen atoms in total. The van der Waals surface area contributed by atoms with Crippen molar-refractivity contribution in [1.29, 1.82) is 0 Å². The fourth-order valence-electron chi connectivity index (χ4n) is 4.01. The molecule has 1 aliphatic carbocycles. The number of rotatable bonds is 2. The van der Waals surface area contributed by atoms with Crippen LogP contribution >= 0.6 is 0 Å². The molecule has 5 heteroatoms. The third kappa shape index (κ3) is 3.51. The van der Waals surface area contributed by atoms with Gasteiger partial charge in [0.15, 0.2) is 0 Å². The molecule has 2 N–H and O–H groups in total. The standard InChI is InChI=1S/C16H29N3O2/c1-12-6-8-19(11-15(12)20)16(21)17-13-7-9-18(10-13)14-4-2-3-5-14/h12-15,20H,2-11H2,1H3,(H,17,21). The molecule has 0 spiro atoms. The van der Waals surface area contributed by atoms with Crippen LogP contribution in [-0.2, 0) is 0 Å². The van der Waals surface area contributed by atoms with Gasteiger partial charge in [0.2, 0.25) is 0 Å². The molecule has 0 radical (unpaired) electrons. The van der Waals surface area contributed by atoms with Gasteiger partial charge in [-0.25, -0.2) is 4.79 Å². The minimum atomic E-state index is -0.372. The van der Waals surface area contributed by atoms with Crippen molar-refractivity contribution < 1.29 is 9.90 Å². The Balaban J connectivity index is 1.45. The predicted octanol–water partition coefficient (Wildman–Crippen LogP) is 1.42. The topological polar surface area (TPSA) is 55.8 Å². The molecule has 3 rings (SSSR count). The molecular weight excluding hydrogens is 266 g/mol. The quantitative estimate of drug-likeness (QED) is 0.810. The fourth-order valence-corrected chi connectivity index (χ4v) is 4.01. The van der Waals surface area contributed by atoms with E-state index in [1.165, 1.54) is 25.7 Å².